The fourth-order valence-electron chi connectivity index (χ4n) is 2.75. The molecule has 0 bridgehead atoms. The van der Waals surface area contributed by atoms with Gasteiger partial charge in [0, 0.05) is 11.8 Å². The summed E-state index contributed by atoms with van der Waals surface area (Å²) < 4.78 is 20.6. The minimum atomic E-state index is -0.762. The fraction of sp³-hybridized carbons (Fsp3) is 0.261. The third kappa shape index (κ3) is 6.49. The Bertz CT molecular complexity index is 1010. The van der Waals surface area contributed by atoms with Crippen LogP contribution < -0.4 is 24.8 Å². The van der Waals surface area contributed by atoms with E-state index < -0.39 is 24.5 Å². The van der Waals surface area contributed by atoms with Crippen molar-refractivity contribution in [2.75, 3.05) is 33.3 Å². The first kappa shape index (κ1) is 24.3. The van der Waals surface area contributed by atoms with Crippen LogP contribution in [0.2, 0.25) is 0 Å². The number of urea groups is 1. The van der Waals surface area contributed by atoms with E-state index in [2.05, 4.69) is 10.6 Å². The van der Waals surface area contributed by atoms with Gasteiger partial charge in [-0.05, 0) is 54.8 Å². The quantitative estimate of drug-likeness (QED) is 0.477. The van der Waals surface area contributed by atoms with Gasteiger partial charge in [-0.2, -0.15) is 0 Å². The zero-order valence-corrected chi connectivity index (χ0v) is 18.6. The highest BCUT2D eigenvalue weighted by atomic mass is 16.5. The van der Waals surface area contributed by atoms with Gasteiger partial charge in [-0.1, -0.05) is 12.1 Å². The second kappa shape index (κ2) is 11.4. The van der Waals surface area contributed by atoms with E-state index in [-0.39, 0.29) is 0 Å². The molecule has 0 aliphatic carbocycles. The average Bonchev–Trinajstić information content (AvgIpc) is 2.78. The second-order valence-electron chi connectivity index (χ2n) is 6.65. The van der Waals surface area contributed by atoms with Crippen LogP contribution in [0, 0.1) is 13.8 Å². The number of esters is 1. The number of anilines is 1. The predicted molar refractivity (Wildman–Crippen MR) is 119 cm³/mol. The summed E-state index contributed by atoms with van der Waals surface area (Å²) in [7, 11) is 4.45. The molecule has 9 nitrogen and oxygen atoms in total. The van der Waals surface area contributed by atoms with Crippen molar-refractivity contribution in [2.24, 2.45) is 0 Å². The Morgan fingerprint density at radius 2 is 1.62 bits per heavy atom. The summed E-state index contributed by atoms with van der Waals surface area (Å²) in [6.07, 6.45) is 2.61. The van der Waals surface area contributed by atoms with Gasteiger partial charge in [0.2, 0.25) is 5.75 Å². The lowest BCUT2D eigenvalue weighted by Crippen LogP contribution is -2.37. The Hall–Kier alpha value is -4.01. The SMILES string of the molecule is COc1cc(/C=C/C(=O)OCC(=O)NC(=O)Nc2cccc(C)c2C)cc(OC)c1OC. The summed E-state index contributed by atoms with van der Waals surface area (Å²) in [5.74, 6) is -0.250. The number of aryl methyl sites for hydroxylation is 1. The number of benzene rings is 2. The largest absolute Gasteiger partial charge is 0.493 e. The zero-order chi connectivity index (χ0) is 23.7. The van der Waals surface area contributed by atoms with E-state index >= 15 is 0 Å². The van der Waals surface area contributed by atoms with Gasteiger partial charge in [0.15, 0.2) is 18.1 Å². The summed E-state index contributed by atoms with van der Waals surface area (Å²) in [5.41, 5.74) is 3.06. The predicted octanol–water partition coefficient (Wildman–Crippen LogP) is 3.23. The number of imide groups is 1. The molecular weight excluding hydrogens is 416 g/mol. The first-order valence-electron chi connectivity index (χ1n) is 9.61. The molecule has 0 heterocycles. The summed E-state index contributed by atoms with van der Waals surface area (Å²) in [6, 6.07) is 8.01. The highest BCUT2D eigenvalue weighted by Gasteiger charge is 2.13. The molecular formula is C23H26N2O7. The van der Waals surface area contributed by atoms with Crippen molar-refractivity contribution >= 4 is 29.7 Å². The zero-order valence-electron chi connectivity index (χ0n) is 18.6. The molecule has 0 unspecified atom stereocenters. The molecule has 2 aromatic carbocycles. The van der Waals surface area contributed by atoms with Crippen molar-refractivity contribution in [3.63, 3.8) is 0 Å². The van der Waals surface area contributed by atoms with Crippen molar-refractivity contribution < 1.29 is 33.3 Å². The van der Waals surface area contributed by atoms with Gasteiger partial charge in [0.1, 0.15) is 0 Å². The number of hydrogen-bond donors (Lipinski definition) is 2. The van der Waals surface area contributed by atoms with Crippen LogP contribution >= 0.6 is 0 Å². The molecule has 0 aliphatic heterocycles. The first-order valence-corrected chi connectivity index (χ1v) is 9.61. The van der Waals surface area contributed by atoms with Gasteiger partial charge in [0.25, 0.3) is 5.91 Å². The standard InChI is InChI=1S/C23H26N2O7/c1-14-7-6-8-17(15(14)2)24-23(28)25-20(26)13-32-21(27)10-9-16-11-18(29-3)22(31-5)19(12-16)30-4/h6-12H,13H2,1-5H3,(H2,24,25,26,28)/b10-9+. The monoisotopic (exact) mass is 442 g/mol. The van der Waals surface area contributed by atoms with Crippen LogP contribution in [0.3, 0.4) is 0 Å². The molecule has 3 amide bonds. The minimum absolute atomic E-state index is 0.422. The molecule has 0 saturated heterocycles. The van der Waals surface area contributed by atoms with Crippen LogP contribution in [0.4, 0.5) is 10.5 Å². The summed E-state index contributed by atoms with van der Waals surface area (Å²) in [4.78, 5) is 35.8. The molecule has 2 N–H and O–H groups in total. The molecule has 170 valence electrons. The summed E-state index contributed by atoms with van der Waals surface area (Å²) >= 11 is 0. The van der Waals surface area contributed by atoms with Crippen molar-refractivity contribution in [1.82, 2.24) is 5.32 Å². The van der Waals surface area contributed by atoms with E-state index in [1.54, 1.807) is 24.3 Å². The average molecular weight is 442 g/mol. The topological polar surface area (TPSA) is 112 Å². The van der Waals surface area contributed by atoms with Gasteiger partial charge < -0.3 is 24.3 Å². The Labute approximate surface area is 186 Å². The van der Waals surface area contributed by atoms with Crippen molar-refractivity contribution in [3.8, 4) is 17.2 Å². The van der Waals surface area contributed by atoms with Crippen LogP contribution in [-0.2, 0) is 14.3 Å². The molecule has 0 aliphatic rings. The molecule has 0 aromatic heterocycles. The fourth-order valence-corrected chi connectivity index (χ4v) is 2.75. The molecule has 0 radical (unpaired) electrons. The number of carbonyl (C=O) groups is 3. The summed E-state index contributed by atoms with van der Waals surface area (Å²) in [5, 5.41) is 4.70. The van der Waals surface area contributed by atoms with Crippen molar-refractivity contribution in [1.29, 1.82) is 0 Å². The summed E-state index contributed by atoms with van der Waals surface area (Å²) in [6.45, 7) is 3.15. The Morgan fingerprint density at radius 1 is 0.969 bits per heavy atom. The van der Waals surface area contributed by atoms with Crippen LogP contribution in [0.1, 0.15) is 16.7 Å². The highest BCUT2D eigenvalue weighted by Crippen LogP contribution is 2.38. The van der Waals surface area contributed by atoms with Gasteiger partial charge in [0.05, 0.1) is 21.3 Å². The highest BCUT2D eigenvalue weighted by molar-refractivity contribution is 6.02. The smallest absolute Gasteiger partial charge is 0.331 e. The first-order chi connectivity index (χ1) is 15.3. The molecule has 9 heteroatoms. The van der Waals surface area contributed by atoms with E-state index in [0.29, 0.717) is 28.5 Å². The van der Waals surface area contributed by atoms with Gasteiger partial charge in [-0.3, -0.25) is 10.1 Å². The van der Waals surface area contributed by atoms with Crippen LogP contribution in [0.5, 0.6) is 17.2 Å². The molecule has 2 aromatic rings. The molecule has 0 atom stereocenters. The van der Waals surface area contributed by atoms with Crippen LogP contribution in [0.25, 0.3) is 6.08 Å². The van der Waals surface area contributed by atoms with E-state index in [0.717, 1.165) is 17.2 Å². The molecule has 0 fully saturated rings. The van der Waals surface area contributed by atoms with E-state index in [1.165, 1.54) is 27.4 Å². The maximum absolute atomic E-state index is 12.0. The van der Waals surface area contributed by atoms with Crippen molar-refractivity contribution in [2.45, 2.75) is 13.8 Å². The van der Waals surface area contributed by atoms with Gasteiger partial charge in [-0.25, -0.2) is 9.59 Å². The third-order valence-corrected chi connectivity index (χ3v) is 4.55. The number of amides is 3. The molecule has 0 spiro atoms. The van der Waals surface area contributed by atoms with Gasteiger partial charge >= 0.3 is 12.0 Å². The lowest BCUT2D eigenvalue weighted by Gasteiger charge is -2.12. The van der Waals surface area contributed by atoms with E-state index in [4.69, 9.17) is 18.9 Å². The lowest BCUT2D eigenvalue weighted by molar-refractivity contribution is -0.143. The maximum Gasteiger partial charge on any atom is 0.331 e. The number of rotatable bonds is 8. The number of hydrogen-bond acceptors (Lipinski definition) is 7. The molecule has 0 saturated carbocycles. The van der Waals surface area contributed by atoms with Crippen LogP contribution in [-0.4, -0.2) is 45.8 Å². The van der Waals surface area contributed by atoms with Crippen LogP contribution in [0.15, 0.2) is 36.4 Å². The number of carbonyl (C=O) groups excluding carboxylic acids is 3. The molecule has 32 heavy (non-hydrogen) atoms. The Morgan fingerprint density at radius 3 is 2.22 bits per heavy atom. The number of methoxy groups -OCH3 is 3. The number of nitrogens with one attached hydrogen (secondary N) is 2. The second-order valence-corrected chi connectivity index (χ2v) is 6.65. The Kier molecular flexibility index (Phi) is 8.64. The lowest BCUT2D eigenvalue weighted by atomic mass is 10.1. The van der Waals surface area contributed by atoms with E-state index in [1.807, 2.05) is 19.9 Å². The van der Waals surface area contributed by atoms with E-state index in [9.17, 15) is 14.4 Å². The van der Waals surface area contributed by atoms with Gasteiger partial charge in [-0.15, -0.1) is 0 Å². The minimum Gasteiger partial charge on any atom is -0.493 e. The van der Waals surface area contributed by atoms with Crippen molar-refractivity contribution in [3.05, 3.63) is 53.1 Å². The number of ether oxygens (including phenoxy) is 4. The normalized spacial score (nSPS) is 10.4. The molecule has 2 rings (SSSR count). The third-order valence-electron chi connectivity index (χ3n) is 4.55. The maximum atomic E-state index is 12.0. The Balaban J connectivity index is 1.89.